The number of morpholine rings is 1. The number of nitrogens with one attached hydrogen (secondary N) is 1. The number of anilines is 1. The molecule has 1 aliphatic rings. The van der Waals surface area contributed by atoms with Crippen molar-refractivity contribution in [2.75, 3.05) is 31.5 Å². The summed E-state index contributed by atoms with van der Waals surface area (Å²) >= 11 is 0. The molecular weight excluding hydrogens is 476 g/mol. The van der Waals surface area contributed by atoms with Crippen molar-refractivity contribution < 1.29 is 22.6 Å². The molecule has 154 valence electrons. The van der Waals surface area contributed by atoms with E-state index >= 15 is 0 Å². The molecule has 3 N–H and O–H groups in total. The fourth-order valence-corrected chi connectivity index (χ4v) is 2.92. The first kappa shape index (κ1) is 23.8. The van der Waals surface area contributed by atoms with Crippen LogP contribution in [0.15, 0.2) is 29.3 Å². The Morgan fingerprint density at radius 3 is 2.56 bits per heavy atom. The minimum absolute atomic E-state index is 0. The number of aliphatic imine (C=N–C) groups is 1. The van der Waals surface area contributed by atoms with Gasteiger partial charge in [0.1, 0.15) is 0 Å². The van der Waals surface area contributed by atoms with E-state index in [4.69, 9.17) is 10.5 Å². The molecule has 0 radical (unpaired) electrons. The second kappa shape index (κ2) is 10.9. The summed E-state index contributed by atoms with van der Waals surface area (Å²) in [7, 11) is 0. The highest BCUT2D eigenvalue weighted by molar-refractivity contribution is 14.0. The highest BCUT2D eigenvalue weighted by Crippen LogP contribution is 2.29. The number of benzene rings is 1. The van der Waals surface area contributed by atoms with E-state index in [9.17, 15) is 13.2 Å². The molecular formula is C17H26F3IN4O2. The second-order valence-electron chi connectivity index (χ2n) is 6.31. The van der Waals surface area contributed by atoms with Gasteiger partial charge >= 0.3 is 6.36 Å². The minimum atomic E-state index is -4.77. The van der Waals surface area contributed by atoms with Crippen LogP contribution in [0.3, 0.4) is 0 Å². The molecule has 1 aromatic rings. The molecule has 0 bridgehead atoms. The van der Waals surface area contributed by atoms with Crippen molar-refractivity contribution in [1.29, 1.82) is 0 Å². The molecule has 10 heteroatoms. The standard InChI is InChI=1S/C17H25F3N4O2.HI/c1-12-10-24(11-13(2)25-12)9-5-8-22-16(21)23-14-6-3-4-7-15(14)26-17(18,19)20;/h3-4,6-7,12-13H,5,8-11H2,1-2H3,(H3,21,22,23);1H. The third kappa shape index (κ3) is 8.98. The molecule has 0 saturated carbocycles. The van der Waals surface area contributed by atoms with Crippen molar-refractivity contribution in [3.8, 4) is 5.75 Å². The number of alkyl halides is 3. The largest absolute Gasteiger partial charge is 0.573 e. The molecule has 1 fully saturated rings. The number of nitrogens with zero attached hydrogens (tertiary/aromatic N) is 2. The van der Waals surface area contributed by atoms with Gasteiger partial charge in [0.25, 0.3) is 0 Å². The fourth-order valence-electron chi connectivity index (χ4n) is 2.92. The predicted molar refractivity (Wildman–Crippen MR) is 110 cm³/mol. The van der Waals surface area contributed by atoms with Crippen molar-refractivity contribution in [2.24, 2.45) is 10.7 Å². The smallest absolute Gasteiger partial charge is 0.404 e. The normalized spacial score (nSPS) is 21.4. The molecule has 0 aliphatic carbocycles. The Kier molecular flexibility index (Phi) is 9.60. The van der Waals surface area contributed by atoms with Gasteiger partial charge in [-0.05, 0) is 32.4 Å². The van der Waals surface area contributed by atoms with Crippen LogP contribution >= 0.6 is 24.0 Å². The van der Waals surface area contributed by atoms with Gasteiger partial charge in [0.15, 0.2) is 11.7 Å². The Bertz CT molecular complexity index is 606. The molecule has 2 unspecified atom stereocenters. The molecule has 1 saturated heterocycles. The summed E-state index contributed by atoms with van der Waals surface area (Å²) in [6.45, 7) is 7.18. The van der Waals surface area contributed by atoms with E-state index < -0.39 is 6.36 Å². The van der Waals surface area contributed by atoms with Crippen molar-refractivity contribution in [1.82, 2.24) is 4.90 Å². The highest BCUT2D eigenvalue weighted by Gasteiger charge is 2.32. The van der Waals surface area contributed by atoms with Crippen molar-refractivity contribution >= 4 is 35.6 Å². The van der Waals surface area contributed by atoms with Gasteiger partial charge in [0.05, 0.1) is 17.9 Å². The van der Waals surface area contributed by atoms with Crippen LogP contribution in [0.25, 0.3) is 0 Å². The quantitative estimate of drug-likeness (QED) is 0.270. The molecule has 27 heavy (non-hydrogen) atoms. The van der Waals surface area contributed by atoms with Crippen LogP contribution < -0.4 is 15.8 Å². The monoisotopic (exact) mass is 502 g/mol. The Morgan fingerprint density at radius 1 is 1.30 bits per heavy atom. The summed E-state index contributed by atoms with van der Waals surface area (Å²) in [4.78, 5) is 6.48. The van der Waals surface area contributed by atoms with Gasteiger partial charge in [-0.15, -0.1) is 37.1 Å². The number of guanidine groups is 1. The maximum Gasteiger partial charge on any atom is 0.573 e. The lowest BCUT2D eigenvalue weighted by molar-refractivity contribution is -0.274. The zero-order chi connectivity index (χ0) is 19.2. The Morgan fingerprint density at radius 2 is 1.93 bits per heavy atom. The molecule has 6 nitrogen and oxygen atoms in total. The van der Waals surface area contributed by atoms with E-state index in [-0.39, 0.29) is 53.6 Å². The number of rotatable bonds is 6. The second-order valence-corrected chi connectivity index (χ2v) is 6.31. The van der Waals surface area contributed by atoms with Crippen LogP contribution in [0.5, 0.6) is 5.75 Å². The maximum absolute atomic E-state index is 12.4. The van der Waals surface area contributed by atoms with E-state index in [1.54, 1.807) is 6.07 Å². The van der Waals surface area contributed by atoms with Gasteiger partial charge in [0, 0.05) is 26.2 Å². The van der Waals surface area contributed by atoms with Crippen molar-refractivity contribution in [2.45, 2.75) is 38.8 Å². The van der Waals surface area contributed by atoms with E-state index in [0.29, 0.717) is 6.54 Å². The summed E-state index contributed by atoms with van der Waals surface area (Å²) in [6, 6.07) is 5.69. The topological polar surface area (TPSA) is 72.1 Å². The number of hydrogen-bond donors (Lipinski definition) is 2. The molecule has 0 spiro atoms. The summed E-state index contributed by atoms with van der Waals surface area (Å²) < 4.78 is 46.9. The van der Waals surface area contributed by atoms with E-state index in [2.05, 4.69) is 19.9 Å². The van der Waals surface area contributed by atoms with Crippen LogP contribution in [0.2, 0.25) is 0 Å². The summed E-state index contributed by atoms with van der Waals surface area (Å²) in [5.74, 6) is -0.304. The molecule has 0 aromatic heterocycles. The summed E-state index contributed by atoms with van der Waals surface area (Å²) in [5, 5.41) is 2.65. The molecule has 0 amide bonds. The van der Waals surface area contributed by atoms with Crippen LogP contribution in [-0.4, -0.2) is 55.6 Å². The van der Waals surface area contributed by atoms with Crippen LogP contribution in [0.1, 0.15) is 20.3 Å². The molecule has 1 heterocycles. The first-order valence-electron chi connectivity index (χ1n) is 8.52. The molecule has 1 aromatic carbocycles. The lowest BCUT2D eigenvalue weighted by atomic mass is 10.2. The van der Waals surface area contributed by atoms with E-state index in [1.165, 1.54) is 18.2 Å². The fraction of sp³-hybridized carbons (Fsp3) is 0.588. The van der Waals surface area contributed by atoms with Gasteiger partial charge in [-0.2, -0.15) is 0 Å². The van der Waals surface area contributed by atoms with Crippen molar-refractivity contribution in [3.05, 3.63) is 24.3 Å². The van der Waals surface area contributed by atoms with Crippen LogP contribution in [0.4, 0.5) is 18.9 Å². The Hall–Kier alpha value is -1.27. The van der Waals surface area contributed by atoms with Gasteiger partial charge < -0.3 is 20.5 Å². The highest BCUT2D eigenvalue weighted by atomic mass is 127. The first-order valence-corrected chi connectivity index (χ1v) is 8.52. The van der Waals surface area contributed by atoms with Gasteiger partial charge in [-0.25, -0.2) is 0 Å². The van der Waals surface area contributed by atoms with Crippen molar-refractivity contribution in [3.63, 3.8) is 0 Å². The SMILES string of the molecule is CC1CN(CCCN=C(N)Nc2ccccc2OC(F)(F)F)CC(C)O1.I. The number of ether oxygens (including phenoxy) is 2. The first-order chi connectivity index (χ1) is 12.2. The number of para-hydroxylation sites is 2. The zero-order valence-electron chi connectivity index (χ0n) is 15.3. The summed E-state index contributed by atoms with van der Waals surface area (Å²) in [5.41, 5.74) is 5.88. The zero-order valence-corrected chi connectivity index (χ0v) is 17.7. The van der Waals surface area contributed by atoms with Crippen LogP contribution in [0, 0.1) is 0 Å². The Balaban J connectivity index is 0.00000364. The predicted octanol–water partition coefficient (Wildman–Crippen LogP) is 3.43. The minimum Gasteiger partial charge on any atom is -0.404 e. The van der Waals surface area contributed by atoms with Gasteiger partial charge in [-0.3, -0.25) is 9.89 Å². The average Bonchev–Trinajstić information content (AvgIpc) is 2.51. The molecule has 1 aliphatic heterocycles. The number of nitrogens with two attached hydrogens (primary N) is 1. The molecule has 2 rings (SSSR count). The van der Waals surface area contributed by atoms with Crippen LogP contribution in [-0.2, 0) is 4.74 Å². The third-order valence-corrected chi connectivity index (χ3v) is 3.79. The van der Waals surface area contributed by atoms with Gasteiger partial charge in [0.2, 0.25) is 0 Å². The van der Waals surface area contributed by atoms with Gasteiger partial charge in [-0.1, -0.05) is 12.1 Å². The molecule has 2 atom stereocenters. The third-order valence-electron chi connectivity index (χ3n) is 3.79. The van der Waals surface area contributed by atoms with E-state index in [1.807, 2.05) is 13.8 Å². The number of hydrogen-bond acceptors (Lipinski definition) is 4. The summed E-state index contributed by atoms with van der Waals surface area (Å²) in [6.07, 6.45) is -3.56. The Labute approximate surface area is 174 Å². The lowest BCUT2D eigenvalue weighted by Gasteiger charge is -2.35. The van der Waals surface area contributed by atoms with E-state index in [0.717, 1.165) is 26.1 Å². The lowest BCUT2D eigenvalue weighted by Crippen LogP contribution is -2.45. The average molecular weight is 502 g/mol. The maximum atomic E-state index is 12.4. The number of halogens is 4.